The first-order valence-corrected chi connectivity index (χ1v) is 7.20. The minimum absolute atomic E-state index is 0.349. The number of fused-ring (bicyclic) bond motifs is 3. The zero-order valence-corrected chi connectivity index (χ0v) is 12.2. The minimum Gasteiger partial charge on any atom is -0.383 e. The molecule has 4 aromatic rings. The van der Waals surface area contributed by atoms with Gasteiger partial charge in [-0.2, -0.15) is 5.26 Å². The SMILES string of the molecule is N#Cc1c(N)n2nc(Nc3ccccc3)cc2c2ccccc12. The van der Waals surface area contributed by atoms with Crippen LogP contribution in [0.3, 0.4) is 0 Å². The summed E-state index contributed by atoms with van der Waals surface area (Å²) in [7, 11) is 0. The van der Waals surface area contributed by atoms with Crippen molar-refractivity contribution in [3.05, 3.63) is 66.2 Å². The summed E-state index contributed by atoms with van der Waals surface area (Å²) >= 11 is 0. The summed E-state index contributed by atoms with van der Waals surface area (Å²) in [6, 6.07) is 21.6. The van der Waals surface area contributed by atoms with E-state index >= 15 is 0 Å². The van der Waals surface area contributed by atoms with E-state index in [4.69, 9.17) is 5.73 Å². The smallest absolute Gasteiger partial charge is 0.153 e. The van der Waals surface area contributed by atoms with Crippen LogP contribution in [0.5, 0.6) is 0 Å². The fraction of sp³-hybridized carbons (Fsp3) is 0. The molecule has 2 heterocycles. The average Bonchev–Trinajstić information content (AvgIpc) is 3.01. The van der Waals surface area contributed by atoms with Gasteiger partial charge in [-0.25, -0.2) is 4.52 Å². The van der Waals surface area contributed by atoms with Gasteiger partial charge in [0.2, 0.25) is 0 Å². The Bertz CT molecular complexity index is 1060. The quantitative estimate of drug-likeness (QED) is 0.591. The highest BCUT2D eigenvalue weighted by Crippen LogP contribution is 2.30. The predicted octanol–water partition coefficient (Wildman–Crippen LogP) is 3.68. The lowest BCUT2D eigenvalue weighted by Crippen LogP contribution is -2.03. The fourth-order valence-electron chi connectivity index (χ4n) is 2.77. The fourth-order valence-corrected chi connectivity index (χ4v) is 2.77. The van der Waals surface area contributed by atoms with E-state index in [1.54, 1.807) is 4.52 Å². The Balaban J connectivity index is 1.97. The zero-order chi connectivity index (χ0) is 15.8. The molecular weight excluding hydrogens is 286 g/mol. The summed E-state index contributed by atoms with van der Waals surface area (Å²) < 4.78 is 1.62. The minimum atomic E-state index is 0.349. The van der Waals surface area contributed by atoms with Gasteiger partial charge in [0.05, 0.1) is 5.52 Å². The molecule has 0 bridgehead atoms. The van der Waals surface area contributed by atoms with Crippen molar-refractivity contribution in [2.75, 3.05) is 11.1 Å². The summed E-state index contributed by atoms with van der Waals surface area (Å²) in [5, 5.41) is 19.0. The van der Waals surface area contributed by atoms with Gasteiger partial charge in [-0.15, -0.1) is 5.10 Å². The van der Waals surface area contributed by atoms with Crippen molar-refractivity contribution >= 4 is 33.6 Å². The highest BCUT2D eigenvalue weighted by molar-refractivity contribution is 6.02. The van der Waals surface area contributed by atoms with Crippen molar-refractivity contribution in [3.8, 4) is 6.07 Å². The molecule has 0 aliphatic heterocycles. The molecule has 5 nitrogen and oxygen atoms in total. The Morgan fingerprint density at radius 1 is 1.00 bits per heavy atom. The summed E-state index contributed by atoms with van der Waals surface area (Å²) in [5.74, 6) is 1.03. The van der Waals surface area contributed by atoms with Crippen LogP contribution < -0.4 is 11.1 Å². The van der Waals surface area contributed by atoms with Gasteiger partial charge < -0.3 is 11.1 Å². The molecule has 0 saturated heterocycles. The Kier molecular flexibility index (Phi) is 2.88. The molecule has 0 aliphatic carbocycles. The van der Waals surface area contributed by atoms with Gasteiger partial charge in [-0.3, -0.25) is 0 Å². The molecule has 0 radical (unpaired) electrons. The number of nitriles is 1. The van der Waals surface area contributed by atoms with Gasteiger partial charge in [0, 0.05) is 22.5 Å². The Morgan fingerprint density at radius 2 is 1.70 bits per heavy atom. The van der Waals surface area contributed by atoms with E-state index in [1.807, 2.05) is 60.7 Å². The van der Waals surface area contributed by atoms with E-state index in [0.29, 0.717) is 17.2 Å². The number of anilines is 3. The second-order valence-corrected chi connectivity index (χ2v) is 5.24. The van der Waals surface area contributed by atoms with Crippen LogP contribution in [0.25, 0.3) is 16.3 Å². The van der Waals surface area contributed by atoms with Crippen LogP contribution in [0.2, 0.25) is 0 Å². The summed E-state index contributed by atoms with van der Waals surface area (Å²) in [5.41, 5.74) is 8.41. The number of rotatable bonds is 2. The molecule has 2 aromatic carbocycles. The van der Waals surface area contributed by atoms with Gasteiger partial charge in [0.25, 0.3) is 0 Å². The van der Waals surface area contributed by atoms with E-state index in [0.717, 1.165) is 22.0 Å². The van der Waals surface area contributed by atoms with Crippen molar-refractivity contribution < 1.29 is 0 Å². The number of pyridine rings is 1. The number of aromatic nitrogens is 2. The van der Waals surface area contributed by atoms with Gasteiger partial charge in [-0.05, 0) is 12.1 Å². The second kappa shape index (κ2) is 5.04. The standard InChI is InChI=1S/C18H13N5/c19-11-15-13-8-4-5-9-14(13)16-10-17(22-23(16)18(15)20)21-12-6-2-1-3-7-12/h1-10H,20H2,(H,21,22). The number of benzene rings is 2. The molecule has 110 valence electrons. The third kappa shape index (κ3) is 2.05. The molecule has 2 aromatic heterocycles. The topological polar surface area (TPSA) is 79.1 Å². The van der Waals surface area contributed by atoms with E-state index in [9.17, 15) is 5.26 Å². The lowest BCUT2D eigenvalue weighted by Gasteiger charge is -2.06. The third-order valence-corrected chi connectivity index (χ3v) is 3.82. The Labute approximate surface area is 132 Å². The van der Waals surface area contributed by atoms with E-state index < -0.39 is 0 Å². The molecule has 0 amide bonds. The summed E-state index contributed by atoms with van der Waals surface area (Å²) in [6.07, 6.45) is 0. The van der Waals surface area contributed by atoms with Crippen LogP contribution in [-0.2, 0) is 0 Å². The van der Waals surface area contributed by atoms with Crippen LogP contribution in [-0.4, -0.2) is 9.61 Å². The van der Waals surface area contributed by atoms with Crippen molar-refractivity contribution in [2.45, 2.75) is 0 Å². The number of hydrogen-bond donors (Lipinski definition) is 2. The molecular formula is C18H13N5. The van der Waals surface area contributed by atoms with Crippen LogP contribution in [0.15, 0.2) is 60.7 Å². The molecule has 0 fully saturated rings. The number of hydrogen-bond acceptors (Lipinski definition) is 4. The zero-order valence-electron chi connectivity index (χ0n) is 12.2. The lowest BCUT2D eigenvalue weighted by atomic mass is 10.1. The molecule has 0 saturated carbocycles. The van der Waals surface area contributed by atoms with Crippen molar-refractivity contribution in [1.82, 2.24) is 9.61 Å². The van der Waals surface area contributed by atoms with Crippen molar-refractivity contribution in [1.29, 1.82) is 5.26 Å². The summed E-state index contributed by atoms with van der Waals surface area (Å²) in [6.45, 7) is 0. The first kappa shape index (κ1) is 13.2. The van der Waals surface area contributed by atoms with Gasteiger partial charge >= 0.3 is 0 Å². The number of nitrogen functional groups attached to an aromatic ring is 1. The van der Waals surface area contributed by atoms with E-state index in [-0.39, 0.29) is 0 Å². The number of nitrogens with two attached hydrogens (primary N) is 1. The monoisotopic (exact) mass is 299 g/mol. The van der Waals surface area contributed by atoms with E-state index in [2.05, 4.69) is 16.5 Å². The molecule has 5 heteroatoms. The van der Waals surface area contributed by atoms with Gasteiger partial charge in [0.15, 0.2) is 5.82 Å². The number of nitrogens with one attached hydrogen (secondary N) is 1. The maximum absolute atomic E-state index is 9.43. The summed E-state index contributed by atoms with van der Waals surface area (Å²) in [4.78, 5) is 0. The number of para-hydroxylation sites is 1. The van der Waals surface area contributed by atoms with Crippen LogP contribution >= 0.6 is 0 Å². The molecule has 0 atom stereocenters. The van der Waals surface area contributed by atoms with E-state index in [1.165, 1.54) is 0 Å². The maximum Gasteiger partial charge on any atom is 0.153 e. The third-order valence-electron chi connectivity index (χ3n) is 3.82. The normalized spacial score (nSPS) is 10.7. The predicted molar refractivity (Wildman–Crippen MR) is 91.6 cm³/mol. The van der Waals surface area contributed by atoms with Crippen LogP contribution in [0.4, 0.5) is 17.3 Å². The molecule has 4 rings (SSSR count). The highest BCUT2D eigenvalue weighted by Gasteiger charge is 2.14. The average molecular weight is 299 g/mol. The molecule has 0 spiro atoms. The maximum atomic E-state index is 9.43. The van der Waals surface area contributed by atoms with Crippen molar-refractivity contribution in [2.24, 2.45) is 0 Å². The van der Waals surface area contributed by atoms with Crippen LogP contribution in [0.1, 0.15) is 5.56 Å². The Hall–Kier alpha value is -3.52. The van der Waals surface area contributed by atoms with Crippen LogP contribution in [0, 0.1) is 11.3 Å². The second-order valence-electron chi connectivity index (χ2n) is 5.24. The molecule has 3 N–H and O–H groups in total. The lowest BCUT2D eigenvalue weighted by molar-refractivity contribution is 0.980. The molecule has 0 unspecified atom stereocenters. The van der Waals surface area contributed by atoms with Gasteiger partial charge in [0.1, 0.15) is 17.5 Å². The Morgan fingerprint density at radius 3 is 2.43 bits per heavy atom. The van der Waals surface area contributed by atoms with Gasteiger partial charge in [-0.1, -0.05) is 42.5 Å². The highest BCUT2D eigenvalue weighted by atomic mass is 15.3. The first-order valence-electron chi connectivity index (χ1n) is 7.20. The van der Waals surface area contributed by atoms with Crippen molar-refractivity contribution in [3.63, 3.8) is 0 Å². The number of nitrogens with zero attached hydrogens (tertiary/aromatic N) is 3. The largest absolute Gasteiger partial charge is 0.383 e. The first-order chi connectivity index (χ1) is 11.3. The molecule has 23 heavy (non-hydrogen) atoms. The molecule has 0 aliphatic rings.